The van der Waals surface area contributed by atoms with E-state index in [0.29, 0.717) is 21.5 Å². The van der Waals surface area contributed by atoms with Gasteiger partial charge in [0.25, 0.3) is 0 Å². The number of fused-ring (bicyclic) bond motifs is 4. The van der Waals surface area contributed by atoms with Crippen molar-refractivity contribution in [3.8, 4) is 0 Å². The summed E-state index contributed by atoms with van der Waals surface area (Å²) in [4.78, 5) is 27.4. The van der Waals surface area contributed by atoms with Gasteiger partial charge in [-0.1, -0.05) is 40.2 Å². The highest BCUT2D eigenvalue weighted by molar-refractivity contribution is 9.14. The molecule has 0 bridgehead atoms. The first-order valence-corrected chi connectivity index (χ1v) is 14.4. The van der Waals surface area contributed by atoms with E-state index in [4.69, 9.17) is 0 Å². The van der Waals surface area contributed by atoms with Crippen LogP contribution in [0.5, 0.6) is 0 Å². The van der Waals surface area contributed by atoms with E-state index >= 15 is 0 Å². The van der Waals surface area contributed by atoms with Crippen LogP contribution in [0.25, 0.3) is 75.4 Å². The Bertz CT molecular complexity index is 2400. The molecular formula is C30H10Br4O2. The molecule has 0 aliphatic rings. The van der Waals surface area contributed by atoms with Gasteiger partial charge >= 0.3 is 0 Å². The summed E-state index contributed by atoms with van der Waals surface area (Å²) in [5.74, 6) is 0. The van der Waals surface area contributed by atoms with Crippen LogP contribution in [0.4, 0.5) is 0 Å². The number of halogens is 4. The Labute approximate surface area is 236 Å². The van der Waals surface area contributed by atoms with Crippen molar-refractivity contribution in [2.45, 2.75) is 0 Å². The molecule has 0 fully saturated rings. The van der Waals surface area contributed by atoms with Crippen molar-refractivity contribution in [2.24, 2.45) is 0 Å². The highest BCUT2D eigenvalue weighted by Gasteiger charge is 2.23. The predicted octanol–water partition coefficient (Wildman–Crippen LogP) is 9.84. The average molecular weight is 722 g/mol. The fraction of sp³-hybridized carbons (Fsp3) is 0. The molecular weight excluding hydrogens is 712 g/mol. The van der Waals surface area contributed by atoms with Gasteiger partial charge < -0.3 is 0 Å². The molecule has 0 heterocycles. The molecule has 6 heteroatoms. The molecule has 8 aromatic carbocycles. The third-order valence-electron chi connectivity index (χ3n) is 7.56. The Balaban J connectivity index is 1.78. The summed E-state index contributed by atoms with van der Waals surface area (Å²) in [6, 6.07) is 20.0. The van der Waals surface area contributed by atoms with E-state index in [-0.39, 0.29) is 10.9 Å². The zero-order chi connectivity index (χ0) is 24.6. The minimum Gasteiger partial charge on any atom is -0.289 e. The lowest BCUT2D eigenvalue weighted by molar-refractivity contribution is 1.60. The molecule has 2 nitrogen and oxygen atoms in total. The average Bonchev–Trinajstić information content (AvgIpc) is 2.88. The van der Waals surface area contributed by atoms with Crippen LogP contribution in [0.1, 0.15) is 0 Å². The first-order valence-electron chi connectivity index (χ1n) is 11.2. The summed E-state index contributed by atoms with van der Waals surface area (Å²) in [5.41, 5.74) is 0.0308. The molecule has 0 saturated carbocycles. The fourth-order valence-corrected chi connectivity index (χ4v) is 8.35. The fourth-order valence-electron chi connectivity index (χ4n) is 6.12. The molecule has 0 unspecified atom stereocenters. The van der Waals surface area contributed by atoms with Gasteiger partial charge in [-0.15, -0.1) is 0 Å². The molecule has 0 aromatic heterocycles. The van der Waals surface area contributed by atoms with Crippen LogP contribution in [-0.4, -0.2) is 0 Å². The second-order valence-electron chi connectivity index (χ2n) is 9.25. The molecule has 0 atom stereocenters. The normalized spacial score (nSPS) is 12.7. The largest absolute Gasteiger partial charge is 0.289 e. The summed E-state index contributed by atoms with van der Waals surface area (Å²) in [6.45, 7) is 0. The van der Waals surface area contributed by atoms with Gasteiger partial charge in [-0.3, -0.25) is 9.59 Å². The minimum absolute atomic E-state index is 0.000965. The van der Waals surface area contributed by atoms with E-state index in [9.17, 15) is 9.59 Å². The van der Waals surface area contributed by atoms with Crippen LogP contribution < -0.4 is 10.9 Å². The van der Waals surface area contributed by atoms with E-state index in [1.807, 2.05) is 48.5 Å². The van der Waals surface area contributed by atoms with Crippen molar-refractivity contribution in [2.75, 3.05) is 0 Å². The highest BCUT2D eigenvalue weighted by Crippen LogP contribution is 2.48. The zero-order valence-electron chi connectivity index (χ0n) is 18.1. The Kier molecular flexibility index (Phi) is 4.30. The van der Waals surface area contributed by atoms with Crippen LogP contribution in [0.15, 0.2) is 88.1 Å². The first-order chi connectivity index (χ1) is 17.4. The van der Waals surface area contributed by atoms with Gasteiger partial charge in [0.15, 0.2) is 10.9 Å². The second kappa shape index (κ2) is 7.13. The Morgan fingerprint density at radius 3 is 1.61 bits per heavy atom. The maximum Gasteiger partial charge on any atom is 0.194 e. The van der Waals surface area contributed by atoms with Crippen LogP contribution >= 0.6 is 63.7 Å². The predicted molar refractivity (Wildman–Crippen MR) is 166 cm³/mol. The lowest BCUT2D eigenvalue weighted by Gasteiger charge is -2.19. The first kappa shape index (κ1) is 21.7. The second-order valence-corrected chi connectivity index (χ2v) is 12.5. The maximum atomic E-state index is 13.8. The van der Waals surface area contributed by atoms with Crippen LogP contribution in [0, 0.1) is 0 Å². The van der Waals surface area contributed by atoms with E-state index < -0.39 is 0 Å². The van der Waals surface area contributed by atoms with Crippen LogP contribution in [0.2, 0.25) is 0 Å². The van der Waals surface area contributed by atoms with Gasteiger partial charge in [0, 0.05) is 61.0 Å². The Hall–Kier alpha value is -2.38. The van der Waals surface area contributed by atoms with Crippen molar-refractivity contribution in [1.82, 2.24) is 0 Å². The zero-order valence-corrected chi connectivity index (χ0v) is 24.4. The molecule has 0 spiro atoms. The van der Waals surface area contributed by atoms with Gasteiger partial charge in [0.2, 0.25) is 0 Å². The van der Waals surface area contributed by atoms with Crippen molar-refractivity contribution in [1.29, 1.82) is 0 Å². The van der Waals surface area contributed by atoms with Crippen LogP contribution in [0.3, 0.4) is 0 Å². The van der Waals surface area contributed by atoms with Gasteiger partial charge in [0.1, 0.15) is 0 Å². The molecule has 0 amide bonds. The smallest absolute Gasteiger partial charge is 0.194 e. The summed E-state index contributed by atoms with van der Waals surface area (Å²) in [5, 5.41) is 12.7. The van der Waals surface area contributed by atoms with E-state index in [0.717, 1.165) is 71.8 Å². The Morgan fingerprint density at radius 2 is 0.972 bits per heavy atom. The van der Waals surface area contributed by atoms with Crippen molar-refractivity contribution in [3.63, 3.8) is 0 Å². The standard InChI is InChI=1S/C30H10Br4O2/c31-19-3-1-2-13-23(19)16-8-11-5-7-15-25-17(26-18(30(15)36)10-20(32)27(33)28(26)34)9-12-4-6-14(29(13)35)24(16)21(12)22(11)25/h1-10H. The summed E-state index contributed by atoms with van der Waals surface area (Å²) in [7, 11) is 0. The van der Waals surface area contributed by atoms with Gasteiger partial charge in [-0.25, -0.2) is 0 Å². The van der Waals surface area contributed by atoms with E-state index in [2.05, 4.69) is 75.9 Å². The molecule has 0 aliphatic carbocycles. The van der Waals surface area contributed by atoms with E-state index in [1.54, 1.807) is 0 Å². The number of hydrogen-bond donors (Lipinski definition) is 0. The highest BCUT2D eigenvalue weighted by atomic mass is 79.9. The van der Waals surface area contributed by atoms with Gasteiger partial charge in [-0.05, 0) is 117 Å². The molecule has 8 aromatic rings. The summed E-state index contributed by atoms with van der Waals surface area (Å²) < 4.78 is 3.44. The third-order valence-corrected chi connectivity index (χ3v) is 11.5. The number of rotatable bonds is 0. The van der Waals surface area contributed by atoms with Gasteiger partial charge in [0.05, 0.1) is 0 Å². The molecule has 0 aliphatic heterocycles. The molecule has 0 saturated heterocycles. The summed E-state index contributed by atoms with van der Waals surface area (Å²) in [6.07, 6.45) is 0. The van der Waals surface area contributed by atoms with Crippen LogP contribution in [-0.2, 0) is 0 Å². The Morgan fingerprint density at radius 1 is 0.417 bits per heavy atom. The SMILES string of the molecule is O=c1c2cccc(Br)c2c2cc3ccc4c(=O)c5cc(Br)c(Br)c(Br)c5c5cc6ccc1c2c6c3c45. The maximum absolute atomic E-state index is 13.8. The van der Waals surface area contributed by atoms with E-state index in [1.165, 1.54) is 0 Å². The number of hydrogen-bond acceptors (Lipinski definition) is 2. The minimum atomic E-state index is 0.000965. The molecule has 0 radical (unpaired) electrons. The topological polar surface area (TPSA) is 34.1 Å². The number of benzene rings is 8. The lowest BCUT2D eigenvalue weighted by atomic mass is 9.84. The molecule has 0 N–H and O–H groups in total. The summed E-state index contributed by atoms with van der Waals surface area (Å²) >= 11 is 14.7. The monoisotopic (exact) mass is 718 g/mol. The molecule has 170 valence electrons. The lowest BCUT2D eigenvalue weighted by Crippen LogP contribution is -2.06. The quantitative estimate of drug-likeness (QED) is 0.0888. The molecule has 8 rings (SSSR count). The van der Waals surface area contributed by atoms with Crippen molar-refractivity contribution >= 4 is 139 Å². The van der Waals surface area contributed by atoms with Gasteiger partial charge in [-0.2, -0.15) is 0 Å². The van der Waals surface area contributed by atoms with Crippen molar-refractivity contribution < 1.29 is 0 Å². The molecule has 36 heavy (non-hydrogen) atoms. The third kappa shape index (κ3) is 2.47. The van der Waals surface area contributed by atoms with Crippen molar-refractivity contribution in [3.05, 3.63) is 99.0 Å².